The average molecular weight is 257 g/mol. The molecule has 5 nitrogen and oxygen atoms in total. The zero-order valence-electron chi connectivity index (χ0n) is 9.01. The molecule has 0 aliphatic carbocycles. The molecule has 1 heterocycles. The van der Waals surface area contributed by atoms with Crippen LogP contribution in [0.5, 0.6) is 0 Å². The van der Waals surface area contributed by atoms with Crippen LogP contribution in [-0.2, 0) is 0 Å². The van der Waals surface area contributed by atoms with E-state index in [9.17, 15) is 23.5 Å². The molecule has 1 atom stereocenters. The zero-order valence-corrected chi connectivity index (χ0v) is 9.01. The van der Waals surface area contributed by atoms with Gasteiger partial charge in [0, 0.05) is 0 Å². The average Bonchev–Trinajstić information content (AvgIpc) is 2.62. The Balaban J connectivity index is 2.40. The van der Waals surface area contributed by atoms with E-state index in [0.29, 0.717) is 0 Å². The Labute approximate surface area is 100 Å². The van der Waals surface area contributed by atoms with Gasteiger partial charge >= 0.3 is 5.92 Å². The van der Waals surface area contributed by atoms with Gasteiger partial charge in [-0.25, -0.2) is 4.90 Å². The van der Waals surface area contributed by atoms with E-state index in [-0.39, 0.29) is 16.0 Å². The number of imide groups is 1. The molecule has 1 unspecified atom stereocenters. The molecule has 1 aromatic rings. The van der Waals surface area contributed by atoms with E-state index in [1.807, 2.05) is 0 Å². The number of amides is 2. The van der Waals surface area contributed by atoms with Gasteiger partial charge in [0.15, 0.2) is 0 Å². The molecule has 0 radical (unpaired) electrons. The minimum atomic E-state index is -3.96. The summed E-state index contributed by atoms with van der Waals surface area (Å²) in [7, 11) is 0. The van der Waals surface area contributed by atoms with Crippen molar-refractivity contribution in [3.05, 3.63) is 35.4 Å². The van der Waals surface area contributed by atoms with Crippen LogP contribution in [0.15, 0.2) is 24.3 Å². The third-order valence-corrected chi connectivity index (χ3v) is 2.66. The van der Waals surface area contributed by atoms with E-state index < -0.39 is 30.6 Å². The first-order chi connectivity index (χ1) is 8.40. The molecule has 1 aliphatic rings. The Kier molecular flexibility index (Phi) is 2.88. The molecule has 2 amide bonds. The van der Waals surface area contributed by atoms with E-state index in [1.165, 1.54) is 24.3 Å². The van der Waals surface area contributed by atoms with Crippen molar-refractivity contribution in [1.29, 1.82) is 0 Å². The Morgan fingerprint density at radius 3 is 2.00 bits per heavy atom. The predicted octanol–water partition coefficient (Wildman–Crippen LogP) is 0.229. The first-order valence-corrected chi connectivity index (χ1v) is 5.04. The monoisotopic (exact) mass is 257 g/mol. The molecule has 0 bridgehead atoms. The maximum Gasteiger partial charge on any atom is 0.314 e. The number of rotatable bonds is 3. The lowest BCUT2D eigenvalue weighted by Crippen LogP contribution is -2.52. The van der Waals surface area contributed by atoms with Crippen molar-refractivity contribution < 1.29 is 28.6 Å². The number of hydrogen-bond acceptors (Lipinski definition) is 4. The van der Waals surface area contributed by atoms with Crippen molar-refractivity contribution in [1.82, 2.24) is 4.90 Å². The summed E-state index contributed by atoms with van der Waals surface area (Å²) in [6, 6.07) is 5.56. The van der Waals surface area contributed by atoms with E-state index in [2.05, 4.69) is 0 Å². The van der Waals surface area contributed by atoms with E-state index >= 15 is 0 Å². The maximum absolute atomic E-state index is 13.1. The van der Waals surface area contributed by atoms with Crippen molar-refractivity contribution in [2.45, 2.75) is 12.2 Å². The fourth-order valence-electron chi connectivity index (χ4n) is 1.70. The Morgan fingerprint density at radius 2 is 1.61 bits per heavy atom. The second kappa shape index (κ2) is 4.11. The molecule has 96 valence electrons. The lowest BCUT2D eigenvalue weighted by atomic mass is 10.1. The summed E-state index contributed by atoms with van der Waals surface area (Å²) in [4.78, 5) is 23.5. The highest BCUT2D eigenvalue weighted by Gasteiger charge is 2.50. The minimum Gasteiger partial charge on any atom is -0.390 e. The van der Waals surface area contributed by atoms with Crippen LogP contribution in [0.4, 0.5) is 8.78 Å². The van der Waals surface area contributed by atoms with Crippen molar-refractivity contribution >= 4 is 11.8 Å². The van der Waals surface area contributed by atoms with Crippen molar-refractivity contribution in [3.63, 3.8) is 0 Å². The first kappa shape index (κ1) is 12.6. The van der Waals surface area contributed by atoms with Crippen molar-refractivity contribution in [3.8, 4) is 0 Å². The largest absolute Gasteiger partial charge is 0.390 e. The number of benzene rings is 1. The number of carbonyl (C=O) groups is 2. The Morgan fingerprint density at radius 1 is 1.17 bits per heavy atom. The molecule has 2 rings (SSSR count). The molecular formula is C11H9F2NO4. The van der Waals surface area contributed by atoms with Gasteiger partial charge in [-0.05, 0) is 12.1 Å². The summed E-state index contributed by atoms with van der Waals surface area (Å²) < 4.78 is 26.2. The number of fused-ring (bicyclic) bond motifs is 1. The van der Waals surface area contributed by atoms with Crippen LogP contribution in [0.2, 0.25) is 0 Å². The highest BCUT2D eigenvalue weighted by Crippen LogP contribution is 2.29. The van der Waals surface area contributed by atoms with Crippen molar-refractivity contribution in [2.75, 3.05) is 6.61 Å². The molecule has 0 saturated carbocycles. The van der Waals surface area contributed by atoms with Gasteiger partial charge < -0.3 is 10.2 Å². The van der Waals surface area contributed by atoms with Crippen LogP contribution in [0.25, 0.3) is 0 Å². The van der Waals surface area contributed by atoms with Crippen LogP contribution in [-0.4, -0.2) is 45.7 Å². The second-order valence-corrected chi connectivity index (χ2v) is 3.82. The Hall–Kier alpha value is -1.86. The maximum atomic E-state index is 13.1. The summed E-state index contributed by atoms with van der Waals surface area (Å²) in [5, 5.41) is 17.8. The molecular weight excluding hydrogens is 248 g/mol. The number of aliphatic hydroxyl groups excluding tert-OH is 2. The molecule has 2 N–H and O–H groups in total. The van der Waals surface area contributed by atoms with E-state index in [0.717, 1.165) is 0 Å². The van der Waals surface area contributed by atoms with Crippen LogP contribution < -0.4 is 0 Å². The van der Waals surface area contributed by atoms with E-state index in [1.54, 1.807) is 0 Å². The number of aliphatic hydroxyl groups is 2. The summed E-state index contributed by atoms with van der Waals surface area (Å²) in [5.74, 6) is -5.97. The number of hydrogen-bond donors (Lipinski definition) is 2. The second-order valence-electron chi connectivity index (χ2n) is 3.82. The van der Waals surface area contributed by atoms with Gasteiger partial charge in [0.25, 0.3) is 11.8 Å². The van der Waals surface area contributed by atoms with Gasteiger partial charge in [0.2, 0.25) is 6.23 Å². The van der Waals surface area contributed by atoms with Crippen LogP contribution in [0.3, 0.4) is 0 Å². The van der Waals surface area contributed by atoms with Gasteiger partial charge in [-0.2, -0.15) is 8.78 Å². The number of carbonyl (C=O) groups excluding carboxylic acids is 2. The standard InChI is InChI=1S/C11H9F2NO4/c12-11(13,5-15)10(18)14-8(16)6-3-1-2-4-7(6)9(14)17/h1-4,10,15,18H,5H2. The number of nitrogens with zero attached hydrogens (tertiary/aromatic N) is 1. The molecule has 1 aliphatic heterocycles. The SMILES string of the molecule is O=C1c2ccccc2C(=O)N1C(O)C(F)(F)CO. The van der Waals surface area contributed by atoms with Gasteiger partial charge in [-0.1, -0.05) is 12.1 Å². The fourth-order valence-corrected chi connectivity index (χ4v) is 1.70. The van der Waals surface area contributed by atoms with Gasteiger partial charge in [0.05, 0.1) is 11.1 Å². The Bertz CT molecular complexity index is 483. The normalized spacial score (nSPS) is 17.0. The highest BCUT2D eigenvalue weighted by atomic mass is 19.3. The topological polar surface area (TPSA) is 77.8 Å². The third-order valence-electron chi connectivity index (χ3n) is 2.66. The number of halogens is 2. The predicted molar refractivity (Wildman–Crippen MR) is 55.0 cm³/mol. The molecule has 0 saturated heterocycles. The molecule has 1 aromatic carbocycles. The molecule has 0 spiro atoms. The number of alkyl halides is 2. The van der Waals surface area contributed by atoms with Gasteiger partial charge in [-0.3, -0.25) is 9.59 Å². The molecule has 0 aromatic heterocycles. The summed E-state index contributed by atoms with van der Waals surface area (Å²) in [6.07, 6.45) is -2.69. The highest BCUT2D eigenvalue weighted by molar-refractivity contribution is 6.21. The van der Waals surface area contributed by atoms with Crippen LogP contribution in [0, 0.1) is 0 Å². The lowest BCUT2D eigenvalue weighted by molar-refractivity contribution is -0.171. The first-order valence-electron chi connectivity index (χ1n) is 5.04. The minimum absolute atomic E-state index is 0.0460. The molecule has 0 fully saturated rings. The van der Waals surface area contributed by atoms with E-state index in [4.69, 9.17) is 5.11 Å². The summed E-state index contributed by atoms with van der Waals surface area (Å²) >= 11 is 0. The molecule has 7 heteroatoms. The van der Waals surface area contributed by atoms with Crippen molar-refractivity contribution in [2.24, 2.45) is 0 Å². The summed E-state index contributed by atoms with van der Waals surface area (Å²) in [6.45, 7) is -1.67. The van der Waals surface area contributed by atoms with Crippen LogP contribution >= 0.6 is 0 Å². The smallest absolute Gasteiger partial charge is 0.314 e. The van der Waals surface area contributed by atoms with Crippen LogP contribution in [0.1, 0.15) is 20.7 Å². The fraction of sp³-hybridized carbons (Fsp3) is 0.273. The third kappa shape index (κ3) is 1.68. The van der Waals surface area contributed by atoms with Gasteiger partial charge in [-0.15, -0.1) is 0 Å². The van der Waals surface area contributed by atoms with Gasteiger partial charge in [0.1, 0.15) is 6.61 Å². The zero-order chi connectivity index (χ0) is 13.5. The lowest BCUT2D eigenvalue weighted by Gasteiger charge is -2.27. The molecule has 18 heavy (non-hydrogen) atoms. The summed E-state index contributed by atoms with van der Waals surface area (Å²) in [5.41, 5.74) is -0.0921. The quantitative estimate of drug-likeness (QED) is 0.760.